The van der Waals surface area contributed by atoms with Gasteiger partial charge in [0.25, 0.3) is 5.69 Å². The maximum Gasteiger partial charge on any atom is 0.340 e. The van der Waals surface area contributed by atoms with E-state index in [9.17, 15) is 20.2 Å². The van der Waals surface area contributed by atoms with E-state index in [1.807, 2.05) is 0 Å². The summed E-state index contributed by atoms with van der Waals surface area (Å²) in [7, 11) is 4.17. The second-order valence-corrected chi connectivity index (χ2v) is 7.26. The summed E-state index contributed by atoms with van der Waals surface area (Å²) in [5, 5.41) is 25.6. The number of hydrogen-bond donors (Lipinski definition) is 1. The molecule has 0 radical (unpaired) electrons. The molecule has 1 heterocycles. The minimum atomic E-state index is -0.597. The van der Waals surface area contributed by atoms with Crippen LogP contribution in [0.2, 0.25) is 0 Å². The van der Waals surface area contributed by atoms with E-state index in [1.165, 1.54) is 57.1 Å². The van der Waals surface area contributed by atoms with Crippen LogP contribution in [0.4, 0.5) is 11.4 Å². The topological polar surface area (TPSA) is 137 Å². The van der Waals surface area contributed by atoms with Crippen LogP contribution in [0.1, 0.15) is 15.4 Å². The molecule has 0 aliphatic heterocycles. The van der Waals surface area contributed by atoms with Gasteiger partial charge in [-0.05, 0) is 12.1 Å². The number of thiazole rings is 1. The Bertz CT molecular complexity index is 1260. The van der Waals surface area contributed by atoms with Crippen molar-refractivity contribution in [1.29, 1.82) is 5.26 Å². The zero-order valence-electron chi connectivity index (χ0n) is 17.8. The van der Waals surface area contributed by atoms with Crippen molar-refractivity contribution < 1.29 is 23.9 Å². The zero-order valence-corrected chi connectivity index (χ0v) is 18.6. The number of methoxy groups -OCH3 is 3. The van der Waals surface area contributed by atoms with Gasteiger partial charge in [0, 0.05) is 41.4 Å². The molecular formula is C22H18N4O6S. The van der Waals surface area contributed by atoms with E-state index in [-0.39, 0.29) is 16.8 Å². The van der Waals surface area contributed by atoms with Crippen LogP contribution in [0.3, 0.4) is 0 Å². The maximum absolute atomic E-state index is 12.2. The Morgan fingerprint density at radius 2 is 1.85 bits per heavy atom. The average Bonchev–Trinajstić information content (AvgIpc) is 3.33. The number of nitro groups is 1. The Morgan fingerprint density at radius 3 is 2.42 bits per heavy atom. The third-order valence-electron chi connectivity index (χ3n) is 4.53. The van der Waals surface area contributed by atoms with E-state index in [1.54, 1.807) is 23.6 Å². The van der Waals surface area contributed by atoms with Gasteiger partial charge in [-0.3, -0.25) is 10.1 Å². The smallest absolute Gasteiger partial charge is 0.340 e. The Morgan fingerprint density at radius 1 is 1.18 bits per heavy atom. The number of benzene rings is 2. The Balaban J connectivity index is 1.91. The van der Waals surface area contributed by atoms with Gasteiger partial charge >= 0.3 is 5.97 Å². The van der Waals surface area contributed by atoms with Gasteiger partial charge in [0.05, 0.1) is 43.2 Å². The molecule has 0 aliphatic rings. The van der Waals surface area contributed by atoms with Crippen LogP contribution >= 0.6 is 11.3 Å². The highest BCUT2D eigenvalue weighted by Gasteiger charge is 2.18. The summed E-state index contributed by atoms with van der Waals surface area (Å²) in [6, 6.07) is 11.1. The number of nitro benzene ring substituents is 1. The average molecular weight is 466 g/mol. The van der Waals surface area contributed by atoms with E-state index < -0.39 is 10.9 Å². The summed E-state index contributed by atoms with van der Waals surface area (Å²) in [5.41, 5.74) is 1.99. The molecule has 0 saturated heterocycles. The lowest BCUT2D eigenvalue weighted by molar-refractivity contribution is -0.384. The van der Waals surface area contributed by atoms with E-state index in [0.717, 1.165) is 0 Å². The van der Waals surface area contributed by atoms with Gasteiger partial charge in [-0.1, -0.05) is 0 Å². The molecule has 168 valence electrons. The van der Waals surface area contributed by atoms with Crippen LogP contribution in [0, 0.1) is 21.4 Å². The largest absolute Gasteiger partial charge is 0.493 e. The number of anilines is 1. The first-order chi connectivity index (χ1) is 15.9. The highest BCUT2D eigenvalue weighted by atomic mass is 32.1. The molecule has 0 bridgehead atoms. The summed E-state index contributed by atoms with van der Waals surface area (Å²) in [4.78, 5) is 27.0. The molecule has 0 aliphatic carbocycles. The molecule has 10 nitrogen and oxygen atoms in total. The molecule has 0 spiro atoms. The third kappa shape index (κ3) is 5.08. The lowest BCUT2D eigenvalue weighted by atomic mass is 10.1. The van der Waals surface area contributed by atoms with Crippen molar-refractivity contribution >= 4 is 34.3 Å². The lowest BCUT2D eigenvalue weighted by Crippen LogP contribution is -2.07. The number of carbonyl (C=O) groups is 1. The second-order valence-electron chi connectivity index (χ2n) is 6.40. The fourth-order valence-corrected chi connectivity index (χ4v) is 3.65. The molecule has 1 aromatic heterocycles. The number of esters is 1. The summed E-state index contributed by atoms with van der Waals surface area (Å²) in [5.74, 6) is 0.134. The van der Waals surface area contributed by atoms with Gasteiger partial charge in [0.15, 0.2) is 11.5 Å². The van der Waals surface area contributed by atoms with Gasteiger partial charge in [-0.15, -0.1) is 11.3 Å². The van der Waals surface area contributed by atoms with Crippen molar-refractivity contribution in [1.82, 2.24) is 4.98 Å². The minimum Gasteiger partial charge on any atom is -0.493 e. The van der Waals surface area contributed by atoms with Gasteiger partial charge in [0.1, 0.15) is 16.6 Å². The van der Waals surface area contributed by atoms with Crippen molar-refractivity contribution in [3.63, 3.8) is 0 Å². The maximum atomic E-state index is 12.2. The molecule has 0 saturated carbocycles. The van der Waals surface area contributed by atoms with Crippen molar-refractivity contribution in [2.75, 3.05) is 26.6 Å². The van der Waals surface area contributed by atoms with Gasteiger partial charge < -0.3 is 19.5 Å². The molecule has 0 atom stereocenters. The fraction of sp³-hybridized carbons (Fsp3) is 0.136. The Kier molecular flexibility index (Phi) is 7.22. The summed E-state index contributed by atoms with van der Waals surface area (Å²) >= 11 is 1.24. The van der Waals surface area contributed by atoms with Gasteiger partial charge in [-0.2, -0.15) is 5.26 Å². The quantitative estimate of drug-likeness (QED) is 0.220. The minimum absolute atomic E-state index is 0.0210. The van der Waals surface area contributed by atoms with Crippen molar-refractivity contribution in [2.24, 2.45) is 0 Å². The highest BCUT2D eigenvalue weighted by Crippen LogP contribution is 2.34. The molecule has 33 heavy (non-hydrogen) atoms. The summed E-state index contributed by atoms with van der Waals surface area (Å²) < 4.78 is 15.3. The van der Waals surface area contributed by atoms with Crippen LogP contribution in [0.25, 0.3) is 16.8 Å². The first-order valence-electron chi connectivity index (χ1n) is 9.33. The predicted molar refractivity (Wildman–Crippen MR) is 122 cm³/mol. The fourth-order valence-electron chi connectivity index (χ4n) is 2.85. The lowest BCUT2D eigenvalue weighted by Gasteiger charge is -2.13. The standard InChI is InChI=1S/C22H18N4O6S/c1-30-19-8-16(22(27)32-3)17(9-20(19)31-2)24-11-14(10-23)21-25-18(12-33-21)13-4-6-15(7-5-13)26(28)29/h4-9,11-12,24H,1-3H3. The number of nitriles is 1. The zero-order chi connectivity index (χ0) is 24.0. The monoisotopic (exact) mass is 466 g/mol. The van der Waals surface area contributed by atoms with Crippen LogP contribution in [-0.2, 0) is 4.74 Å². The number of allylic oxidation sites excluding steroid dienone is 1. The van der Waals surface area contributed by atoms with Crippen LogP contribution in [-0.4, -0.2) is 37.2 Å². The highest BCUT2D eigenvalue weighted by molar-refractivity contribution is 7.11. The van der Waals surface area contributed by atoms with Crippen LogP contribution in [0.15, 0.2) is 48.0 Å². The number of non-ortho nitro benzene ring substituents is 1. The summed E-state index contributed by atoms with van der Waals surface area (Å²) in [6.07, 6.45) is 1.42. The van der Waals surface area contributed by atoms with Crippen molar-refractivity contribution in [3.05, 3.63) is 68.7 Å². The number of aromatic nitrogens is 1. The van der Waals surface area contributed by atoms with Gasteiger partial charge in [0.2, 0.25) is 0 Å². The molecule has 3 aromatic rings. The Labute approximate surface area is 192 Å². The van der Waals surface area contributed by atoms with E-state index in [4.69, 9.17) is 14.2 Å². The predicted octanol–water partition coefficient (Wildman–Crippen LogP) is 4.50. The van der Waals surface area contributed by atoms with Crippen LogP contribution < -0.4 is 14.8 Å². The molecule has 1 N–H and O–H groups in total. The van der Waals surface area contributed by atoms with Crippen molar-refractivity contribution in [3.8, 4) is 28.8 Å². The molecule has 3 rings (SSSR count). The molecular weight excluding hydrogens is 448 g/mol. The SMILES string of the molecule is COC(=O)c1cc(OC)c(OC)cc1NC=C(C#N)c1nc(-c2ccc([N+](=O)[O-])cc2)cs1. The van der Waals surface area contributed by atoms with Crippen molar-refractivity contribution in [2.45, 2.75) is 0 Å². The van der Waals surface area contributed by atoms with E-state index in [0.29, 0.717) is 33.5 Å². The number of ether oxygens (including phenoxy) is 3. The van der Waals surface area contributed by atoms with E-state index >= 15 is 0 Å². The first-order valence-corrected chi connectivity index (χ1v) is 10.2. The number of carbonyl (C=O) groups excluding carboxylic acids is 1. The third-order valence-corrected chi connectivity index (χ3v) is 5.41. The number of rotatable bonds is 8. The Hall–Kier alpha value is -4.43. The normalized spacial score (nSPS) is 10.8. The summed E-state index contributed by atoms with van der Waals surface area (Å²) in [6.45, 7) is 0. The molecule has 0 fully saturated rings. The van der Waals surface area contributed by atoms with Crippen LogP contribution in [0.5, 0.6) is 11.5 Å². The number of nitrogens with zero attached hydrogens (tertiary/aromatic N) is 3. The van der Waals surface area contributed by atoms with E-state index in [2.05, 4.69) is 16.4 Å². The second kappa shape index (κ2) is 10.3. The number of hydrogen-bond acceptors (Lipinski definition) is 10. The first kappa shape index (κ1) is 23.2. The molecule has 0 amide bonds. The molecule has 11 heteroatoms. The number of nitrogens with one attached hydrogen (secondary N) is 1. The van der Waals surface area contributed by atoms with Gasteiger partial charge in [-0.25, -0.2) is 9.78 Å². The molecule has 2 aromatic carbocycles. The molecule has 0 unspecified atom stereocenters.